The summed E-state index contributed by atoms with van der Waals surface area (Å²) >= 11 is 6.79. The van der Waals surface area contributed by atoms with Crippen LogP contribution in [-0.2, 0) is 6.54 Å². The Morgan fingerprint density at radius 3 is 2.63 bits per heavy atom. The Labute approximate surface area is 115 Å². The van der Waals surface area contributed by atoms with Crippen molar-refractivity contribution in [2.45, 2.75) is 13.0 Å². The van der Waals surface area contributed by atoms with Crippen LogP contribution >= 0.6 is 22.9 Å². The molecule has 0 unspecified atom stereocenters. The molecule has 0 atom stereocenters. The molecule has 0 aliphatic carbocycles. The zero-order valence-electron chi connectivity index (χ0n) is 9.26. The lowest BCUT2D eigenvalue weighted by Gasteiger charge is -2.10. The topological polar surface area (TPSA) is 24.9 Å². The Bertz CT molecular complexity index is 588. The summed E-state index contributed by atoms with van der Waals surface area (Å²) in [7, 11) is 0. The van der Waals surface area contributed by atoms with Gasteiger partial charge in [0.05, 0.1) is 17.8 Å². The molecule has 0 aliphatic rings. The minimum atomic E-state index is -3.21. The Morgan fingerprint density at radius 2 is 2.05 bits per heavy atom. The van der Waals surface area contributed by atoms with Crippen molar-refractivity contribution in [1.82, 2.24) is 4.98 Å². The second kappa shape index (κ2) is 5.75. The lowest BCUT2D eigenvalue weighted by molar-refractivity contribution is 0.141. The van der Waals surface area contributed by atoms with Gasteiger partial charge in [0.1, 0.15) is 5.82 Å². The number of rotatable bonds is 4. The van der Waals surface area contributed by atoms with Gasteiger partial charge < -0.3 is 5.32 Å². The van der Waals surface area contributed by atoms with Crippen molar-refractivity contribution >= 4 is 28.6 Å². The maximum Gasteiger partial charge on any atom is 0.269 e. The molecule has 0 aliphatic heterocycles. The highest BCUT2D eigenvalue weighted by molar-refractivity contribution is 7.15. The lowest BCUT2D eigenvalue weighted by Crippen LogP contribution is -2.04. The molecule has 0 saturated carbocycles. The Balaban J connectivity index is 2.19. The second-order valence-electron chi connectivity index (χ2n) is 3.56. The fraction of sp³-hybridized carbons (Fsp3) is 0.182. The van der Waals surface area contributed by atoms with Gasteiger partial charge in [-0.3, -0.25) is 0 Å². The molecule has 19 heavy (non-hydrogen) atoms. The number of benzene rings is 1. The van der Waals surface area contributed by atoms with Crippen molar-refractivity contribution < 1.29 is 17.6 Å². The summed E-state index contributed by atoms with van der Waals surface area (Å²) in [5, 5.41) is 2.60. The van der Waals surface area contributed by atoms with Gasteiger partial charge >= 0.3 is 0 Å². The monoisotopic (exact) mass is 310 g/mol. The van der Waals surface area contributed by atoms with Gasteiger partial charge in [-0.15, -0.1) is 11.3 Å². The molecule has 8 heteroatoms. The van der Waals surface area contributed by atoms with Crippen LogP contribution in [0.2, 0.25) is 4.47 Å². The molecular weight excluding hydrogens is 304 g/mol. The molecule has 0 amide bonds. The first-order chi connectivity index (χ1) is 8.99. The molecule has 1 N–H and O–H groups in total. The fourth-order valence-electron chi connectivity index (χ4n) is 1.45. The fourth-order valence-corrected chi connectivity index (χ4v) is 2.37. The first kappa shape index (κ1) is 14.1. The van der Waals surface area contributed by atoms with E-state index in [4.69, 9.17) is 11.6 Å². The number of nitrogens with one attached hydrogen (secondary N) is 1. The Morgan fingerprint density at radius 1 is 1.32 bits per heavy atom. The van der Waals surface area contributed by atoms with Crippen LogP contribution in [0.4, 0.5) is 23.2 Å². The molecule has 0 bridgehead atoms. The summed E-state index contributed by atoms with van der Waals surface area (Å²) in [6.07, 6.45) is -1.73. The van der Waals surface area contributed by atoms with Gasteiger partial charge in [0.25, 0.3) is 6.43 Å². The summed E-state index contributed by atoms with van der Waals surface area (Å²) < 4.78 is 52.1. The van der Waals surface area contributed by atoms with Gasteiger partial charge in [0, 0.05) is 11.1 Å². The average molecular weight is 311 g/mol. The van der Waals surface area contributed by atoms with E-state index in [0.29, 0.717) is 9.34 Å². The first-order valence-electron chi connectivity index (χ1n) is 5.09. The molecule has 2 nitrogen and oxygen atoms in total. The van der Waals surface area contributed by atoms with E-state index < -0.39 is 23.6 Å². The predicted octanol–water partition coefficient (Wildman–Crippen LogP) is 4.62. The van der Waals surface area contributed by atoms with Crippen molar-refractivity contribution in [2.24, 2.45) is 0 Å². The van der Waals surface area contributed by atoms with E-state index in [1.165, 1.54) is 17.5 Å². The summed E-state index contributed by atoms with van der Waals surface area (Å²) in [6.45, 7) is 0.162. The minimum absolute atomic E-state index is 0.162. The van der Waals surface area contributed by atoms with Crippen molar-refractivity contribution in [3.8, 4) is 0 Å². The van der Waals surface area contributed by atoms with Crippen LogP contribution in [0.5, 0.6) is 0 Å². The van der Waals surface area contributed by atoms with E-state index in [-0.39, 0.29) is 12.2 Å². The molecule has 0 fully saturated rings. The summed E-state index contributed by atoms with van der Waals surface area (Å²) in [6, 6.07) is 1.87. The van der Waals surface area contributed by atoms with Gasteiger partial charge in [0.2, 0.25) is 0 Å². The summed E-state index contributed by atoms with van der Waals surface area (Å²) in [4.78, 5) is 4.48. The summed E-state index contributed by atoms with van der Waals surface area (Å²) in [5.74, 6) is -2.55. The minimum Gasteiger partial charge on any atom is -0.378 e. The van der Waals surface area contributed by atoms with Crippen molar-refractivity contribution in [2.75, 3.05) is 5.32 Å². The molecular formula is C11H7ClF4N2S. The zero-order chi connectivity index (χ0) is 14.0. The smallest absolute Gasteiger partial charge is 0.269 e. The van der Waals surface area contributed by atoms with Crippen LogP contribution in [0.15, 0.2) is 18.3 Å². The van der Waals surface area contributed by atoms with Crippen molar-refractivity contribution in [3.63, 3.8) is 0 Å². The predicted molar refractivity (Wildman–Crippen MR) is 65.8 cm³/mol. The molecule has 0 radical (unpaired) electrons. The van der Waals surface area contributed by atoms with E-state index in [1.54, 1.807) is 0 Å². The van der Waals surface area contributed by atoms with Crippen LogP contribution in [0.1, 0.15) is 16.9 Å². The number of anilines is 1. The number of thiazole rings is 1. The lowest BCUT2D eigenvalue weighted by atomic mass is 10.1. The van der Waals surface area contributed by atoms with Gasteiger partial charge in [0.15, 0.2) is 10.3 Å². The van der Waals surface area contributed by atoms with Gasteiger partial charge in [-0.05, 0) is 12.1 Å². The third kappa shape index (κ3) is 3.16. The third-order valence-corrected chi connectivity index (χ3v) is 3.44. The van der Waals surface area contributed by atoms with E-state index in [2.05, 4.69) is 10.3 Å². The zero-order valence-corrected chi connectivity index (χ0v) is 10.8. The molecule has 2 aromatic rings. The number of alkyl halides is 2. The SMILES string of the molecule is Fc1ccc(NCc2cnc(Cl)s2)c(F)c1C(F)F. The first-order valence-corrected chi connectivity index (χ1v) is 6.28. The van der Waals surface area contributed by atoms with Crippen LogP contribution in [0, 0.1) is 11.6 Å². The largest absolute Gasteiger partial charge is 0.378 e. The number of nitrogens with zero attached hydrogens (tertiary/aromatic N) is 1. The highest BCUT2D eigenvalue weighted by Gasteiger charge is 2.21. The molecule has 2 rings (SSSR count). The van der Waals surface area contributed by atoms with Crippen molar-refractivity contribution in [1.29, 1.82) is 0 Å². The van der Waals surface area contributed by atoms with Crippen LogP contribution in [0.3, 0.4) is 0 Å². The van der Waals surface area contributed by atoms with Gasteiger partial charge in [-0.1, -0.05) is 11.6 Å². The maximum atomic E-state index is 13.7. The number of halogens is 5. The van der Waals surface area contributed by atoms with Crippen LogP contribution in [-0.4, -0.2) is 4.98 Å². The summed E-state index contributed by atoms with van der Waals surface area (Å²) in [5.41, 5.74) is -1.42. The Kier molecular flexibility index (Phi) is 4.26. The molecule has 0 saturated heterocycles. The van der Waals surface area contributed by atoms with E-state index in [9.17, 15) is 17.6 Å². The maximum absolute atomic E-state index is 13.7. The van der Waals surface area contributed by atoms with Crippen molar-refractivity contribution in [3.05, 3.63) is 44.9 Å². The van der Waals surface area contributed by atoms with Gasteiger partial charge in [-0.2, -0.15) is 0 Å². The Hall–Kier alpha value is -1.34. The average Bonchev–Trinajstić information content (AvgIpc) is 2.74. The van der Waals surface area contributed by atoms with E-state index in [0.717, 1.165) is 12.1 Å². The highest BCUT2D eigenvalue weighted by Crippen LogP contribution is 2.30. The second-order valence-corrected chi connectivity index (χ2v) is 5.25. The molecule has 1 aromatic carbocycles. The molecule has 1 aromatic heterocycles. The number of aromatic nitrogens is 1. The number of hydrogen-bond donors (Lipinski definition) is 1. The van der Waals surface area contributed by atoms with Gasteiger partial charge in [-0.25, -0.2) is 22.5 Å². The van der Waals surface area contributed by atoms with Crippen LogP contribution < -0.4 is 5.32 Å². The third-order valence-electron chi connectivity index (χ3n) is 2.32. The van der Waals surface area contributed by atoms with E-state index in [1.807, 2.05) is 0 Å². The highest BCUT2D eigenvalue weighted by atomic mass is 35.5. The van der Waals surface area contributed by atoms with Crippen LogP contribution in [0.25, 0.3) is 0 Å². The molecule has 0 spiro atoms. The standard InChI is InChI=1S/C11H7ClF4N2S/c12-11-18-4-5(19-11)3-17-7-2-1-6(13)8(9(7)14)10(15)16/h1-2,4,10,17H,3H2. The molecule has 1 heterocycles. The van der Waals surface area contributed by atoms with E-state index >= 15 is 0 Å². The number of hydrogen-bond acceptors (Lipinski definition) is 3. The normalized spacial score (nSPS) is 11.1. The quantitative estimate of drug-likeness (QED) is 0.833. The molecule has 102 valence electrons.